The number of hydrogen-bond donors (Lipinski definition) is 1. The van der Waals surface area contributed by atoms with E-state index in [4.69, 9.17) is 22.7 Å². The van der Waals surface area contributed by atoms with Crippen molar-refractivity contribution in [3.05, 3.63) is 35.9 Å². The van der Waals surface area contributed by atoms with Crippen LogP contribution in [0.4, 0.5) is 0 Å². The molecule has 0 amide bonds. The summed E-state index contributed by atoms with van der Waals surface area (Å²) in [5, 5.41) is 1.01. The summed E-state index contributed by atoms with van der Waals surface area (Å²) >= 11 is 5.10. The molecule has 100 valence electrons. The predicted octanol–water partition coefficient (Wildman–Crippen LogP) is 3.44. The van der Waals surface area contributed by atoms with E-state index in [2.05, 4.69) is 11.9 Å². The van der Waals surface area contributed by atoms with Crippen LogP contribution in [0, 0.1) is 0 Å². The van der Waals surface area contributed by atoms with Gasteiger partial charge in [0.25, 0.3) is 0 Å². The molecule has 2 N–H and O–H groups in total. The van der Waals surface area contributed by atoms with Crippen LogP contribution in [0.5, 0.6) is 5.88 Å². The Balaban J connectivity index is 2.57. The van der Waals surface area contributed by atoms with Gasteiger partial charge in [0.05, 0.1) is 11.1 Å². The zero-order chi connectivity index (χ0) is 14.0. The zero-order valence-corrected chi connectivity index (χ0v) is 12.3. The van der Waals surface area contributed by atoms with Crippen molar-refractivity contribution in [2.45, 2.75) is 32.8 Å². The molecule has 2 aromatic rings. The molecule has 0 unspecified atom stereocenters. The van der Waals surface area contributed by atoms with E-state index in [0.717, 1.165) is 17.3 Å². The average Bonchev–Trinajstić information content (AvgIpc) is 2.37. The molecule has 1 heterocycles. The number of thiocarbonyl (C=S) groups is 1. The first-order valence-corrected chi connectivity index (χ1v) is 6.72. The van der Waals surface area contributed by atoms with Gasteiger partial charge in [-0.15, -0.1) is 0 Å². The number of rotatable bonds is 4. The first kappa shape index (κ1) is 13.7. The van der Waals surface area contributed by atoms with Crippen LogP contribution in [0.3, 0.4) is 0 Å². The lowest BCUT2D eigenvalue weighted by Crippen LogP contribution is -2.28. The summed E-state index contributed by atoms with van der Waals surface area (Å²) in [5.41, 5.74) is 7.05. The fraction of sp³-hybridized carbons (Fsp3) is 0.333. The number of pyridine rings is 1. The minimum Gasteiger partial charge on any atom is -0.471 e. The summed E-state index contributed by atoms with van der Waals surface area (Å²) in [5.74, 6) is 0.512. The second-order valence-corrected chi connectivity index (χ2v) is 5.55. The van der Waals surface area contributed by atoms with Gasteiger partial charge < -0.3 is 10.5 Å². The number of aromatic nitrogens is 1. The van der Waals surface area contributed by atoms with Crippen molar-refractivity contribution >= 4 is 28.1 Å². The molecule has 0 atom stereocenters. The minimum atomic E-state index is -0.297. The van der Waals surface area contributed by atoms with Gasteiger partial charge in [-0.3, -0.25) is 0 Å². The van der Waals surface area contributed by atoms with Crippen molar-refractivity contribution in [1.29, 1.82) is 0 Å². The van der Waals surface area contributed by atoms with Crippen LogP contribution < -0.4 is 10.5 Å². The van der Waals surface area contributed by atoms with Crippen LogP contribution in [0.25, 0.3) is 10.9 Å². The summed E-state index contributed by atoms with van der Waals surface area (Å²) in [6, 6.07) is 9.78. The van der Waals surface area contributed by atoms with Crippen molar-refractivity contribution in [2.24, 2.45) is 5.73 Å². The Morgan fingerprint density at radius 1 is 1.37 bits per heavy atom. The number of para-hydroxylation sites is 1. The molecular formula is C15H18N2OS. The second-order valence-electron chi connectivity index (χ2n) is 5.11. The van der Waals surface area contributed by atoms with Gasteiger partial charge in [-0.2, -0.15) is 0 Å². The van der Waals surface area contributed by atoms with E-state index >= 15 is 0 Å². The Morgan fingerprint density at radius 3 is 2.68 bits per heavy atom. The third kappa shape index (κ3) is 3.01. The van der Waals surface area contributed by atoms with E-state index < -0.39 is 0 Å². The monoisotopic (exact) mass is 274 g/mol. The van der Waals surface area contributed by atoms with E-state index in [0.29, 0.717) is 16.4 Å². The van der Waals surface area contributed by atoms with Crippen molar-refractivity contribution < 1.29 is 4.74 Å². The fourth-order valence-electron chi connectivity index (χ4n) is 1.69. The summed E-state index contributed by atoms with van der Waals surface area (Å²) in [6.45, 7) is 6.11. The summed E-state index contributed by atoms with van der Waals surface area (Å²) in [4.78, 5) is 4.85. The van der Waals surface area contributed by atoms with Crippen LogP contribution in [0.1, 0.15) is 32.8 Å². The molecule has 0 fully saturated rings. The highest BCUT2D eigenvalue weighted by molar-refractivity contribution is 7.80. The van der Waals surface area contributed by atoms with Gasteiger partial charge >= 0.3 is 0 Å². The molecule has 0 saturated heterocycles. The van der Waals surface area contributed by atoms with Gasteiger partial charge in [0.1, 0.15) is 10.6 Å². The minimum absolute atomic E-state index is 0.297. The maximum absolute atomic E-state index is 5.97. The summed E-state index contributed by atoms with van der Waals surface area (Å²) in [6.07, 6.45) is 0.873. The number of nitrogens with zero attached hydrogens (tertiary/aromatic N) is 1. The third-order valence-electron chi connectivity index (χ3n) is 3.18. The number of ether oxygens (including phenoxy) is 1. The molecule has 0 saturated carbocycles. The van der Waals surface area contributed by atoms with E-state index in [1.54, 1.807) is 0 Å². The van der Waals surface area contributed by atoms with Crippen LogP contribution in [-0.4, -0.2) is 15.6 Å². The molecule has 0 bridgehead atoms. The van der Waals surface area contributed by atoms with Crippen LogP contribution >= 0.6 is 12.2 Å². The smallest absolute Gasteiger partial charge is 0.224 e. The lowest BCUT2D eigenvalue weighted by molar-refractivity contribution is 0.0993. The topological polar surface area (TPSA) is 48.1 Å². The molecule has 4 heteroatoms. The number of nitrogens with two attached hydrogens (primary N) is 1. The average molecular weight is 274 g/mol. The molecule has 2 rings (SSSR count). The maximum atomic E-state index is 5.97. The SMILES string of the molecule is CCC(C)(C)Oc1nc2ccccc2cc1C(N)=S. The molecule has 3 nitrogen and oxygen atoms in total. The Labute approximate surface area is 118 Å². The van der Waals surface area contributed by atoms with Gasteiger partial charge in [0, 0.05) is 5.39 Å². The molecule has 19 heavy (non-hydrogen) atoms. The van der Waals surface area contributed by atoms with Crippen molar-refractivity contribution in [2.75, 3.05) is 0 Å². The predicted molar refractivity (Wildman–Crippen MR) is 82.6 cm³/mol. The van der Waals surface area contributed by atoms with Crippen LogP contribution in [0.2, 0.25) is 0 Å². The standard InChI is InChI=1S/C15H18N2OS/c1-4-15(2,3)18-14-11(13(16)19)9-10-7-5-6-8-12(10)17-14/h5-9H,4H2,1-3H3,(H2,16,19). The maximum Gasteiger partial charge on any atom is 0.224 e. The Kier molecular flexibility index (Phi) is 3.71. The van der Waals surface area contributed by atoms with Gasteiger partial charge in [-0.05, 0) is 32.4 Å². The van der Waals surface area contributed by atoms with Crippen LogP contribution in [-0.2, 0) is 0 Å². The molecule has 0 aliphatic rings. The normalized spacial score (nSPS) is 11.5. The van der Waals surface area contributed by atoms with Crippen molar-refractivity contribution in [3.8, 4) is 5.88 Å². The Bertz CT molecular complexity index is 623. The largest absolute Gasteiger partial charge is 0.471 e. The third-order valence-corrected chi connectivity index (χ3v) is 3.40. The number of hydrogen-bond acceptors (Lipinski definition) is 3. The van der Waals surface area contributed by atoms with Crippen LogP contribution in [0.15, 0.2) is 30.3 Å². The first-order valence-electron chi connectivity index (χ1n) is 6.31. The molecular weight excluding hydrogens is 256 g/mol. The second kappa shape index (κ2) is 5.13. The lowest BCUT2D eigenvalue weighted by Gasteiger charge is -2.25. The molecule has 0 radical (unpaired) electrons. The van der Waals surface area contributed by atoms with Gasteiger partial charge in [-0.1, -0.05) is 37.3 Å². The number of benzene rings is 1. The van der Waals surface area contributed by atoms with E-state index in [-0.39, 0.29) is 5.60 Å². The highest BCUT2D eigenvalue weighted by Crippen LogP contribution is 2.26. The van der Waals surface area contributed by atoms with Gasteiger partial charge in [0.2, 0.25) is 5.88 Å². The molecule has 0 spiro atoms. The number of fused-ring (bicyclic) bond motifs is 1. The molecule has 1 aromatic heterocycles. The molecule has 0 aliphatic heterocycles. The Morgan fingerprint density at radius 2 is 2.05 bits per heavy atom. The summed E-state index contributed by atoms with van der Waals surface area (Å²) in [7, 11) is 0. The van der Waals surface area contributed by atoms with Crippen molar-refractivity contribution in [1.82, 2.24) is 4.98 Å². The van der Waals surface area contributed by atoms with E-state index in [9.17, 15) is 0 Å². The highest BCUT2D eigenvalue weighted by Gasteiger charge is 2.21. The first-order chi connectivity index (χ1) is 8.93. The Hall–Kier alpha value is -1.68. The van der Waals surface area contributed by atoms with Gasteiger partial charge in [0.15, 0.2) is 0 Å². The molecule has 0 aliphatic carbocycles. The van der Waals surface area contributed by atoms with Crippen molar-refractivity contribution in [3.63, 3.8) is 0 Å². The highest BCUT2D eigenvalue weighted by atomic mass is 32.1. The van der Waals surface area contributed by atoms with E-state index in [1.807, 2.05) is 44.2 Å². The lowest BCUT2D eigenvalue weighted by atomic mass is 10.1. The fourth-order valence-corrected chi connectivity index (χ4v) is 1.83. The zero-order valence-electron chi connectivity index (χ0n) is 11.4. The quantitative estimate of drug-likeness (QED) is 0.868. The van der Waals surface area contributed by atoms with E-state index in [1.165, 1.54) is 0 Å². The van der Waals surface area contributed by atoms with Gasteiger partial charge in [-0.25, -0.2) is 4.98 Å². The molecule has 1 aromatic carbocycles. The summed E-state index contributed by atoms with van der Waals surface area (Å²) < 4.78 is 5.97.